The van der Waals surface area contributed by atoms with Gasteiger partial charge < -0.3 is 15.4 Å². The summed E-state index contributed by atoms with van der Waals surface area (Å²) < 4.78 is 5.12. The average Bonchev–Trinajstić information content (AvgIpc) is 2.97. The van der Waals surface area contributed by atoms with Gasteiger partial charge in [0.25, 0.3) is 0 Å². The monoisotopic (exact) mass is 274 g/mol. The van der Waals surface area contributed by atoms with Crippen molar-refractivity contribution >= 4 is 22.9 Å². The lowest BCUT2D eigenvalue weighted by Crippen LogP contribution is -2.63. The number of nitrogens with two attached hydrogens (primary N) is 1. The summed E-state index contributed by atoms with van der Waals surface area (Å²) in [6, 6.07) is 10.9. The lowest BCUT2D eigenvalue weighted by molar-refractivity contribution is -0.126. The van der Waals surface area contributed by atoms with E-state index in [4.69, 9.17) is 10.5 Å². The summed E-state index contributed by atoms with van der Waals surface area (Å²) in [5.41, 5.74) is 6.78. The molecule has 2 atom stereocenters. The quantitative estimate of drug-likeness (QED) is 0.873. The van der Waals surface area contributed by atoms with Crippen LogP contribution in [-0.4, -0.2) is 19.1 Å². The summed E-state index contributed by atoms with van der Waals surface area (Å²) in [5, 5.41) is 2.00. The molecule has 0 unspecified atom stereocenters. The summed E-state index contributed by atoms with van der Waals surface area (Å²) in [4.78, 5) is 14.9. The van der Waals surface area contributed by atoms with Crippen molar-refractivity contribution in [3.63, 3.8) is 0 Å². The Hall–Kier alpha value is -1.85. The molecule has 98 valence electrons. The molecule has 0 aliphatic carbocycles. The highest BCUT2D eigenvalue weighted by atomic mass is 32.1. The second kappa shape index (κ2) is 4.68. The van der Waals surface area contributed by atoms with Gasteiger partial charge in [0.05, 0.1) is 13.2 Å². The first-order valence-corrected chi connectivity index (χ1v) is 6.86. The van der Waals surface area contributed by atoms with Crippen LogP contribution in [0.15, 0.2) is 41.8 Å². The molecule has 19 heavy (non-hydrogen) atoms. The third kappa shape index (κ3) is 1.91. The van der Waals surface area contributed by atoms with Gasteiger partial charge in [-0.3, -0.25) is 4.79 Å². The molecule has 4 nitrogen and oxygen atoms in total. The second-order valence-corrected chi connectivity index (χ2v) is 5.37. The lowest BCUT2D eigenvalue weighted by Gasteiger charge is -2.44. The highest BCUT2D eigenvalue weighted by molar-refractivity contribution is 7.10. The van der Waals surface area contributed by atoms with Gasteiger partial charge >= 0.3 is 0 Å². The Bertz CT molecular complexity index is 580. The maximum Gasteiger partial charge on any atom is 0.247 e. The molecule has 0 radical (unpaired) electrons. The Kier molecular flexibility index (Phi) is 3.00. The third-order valence-corrected chi connectivity index (χ3v) is 4.27. The number of rotatable bonds is 3. The molecule has 1 fully saturated rings. The number of carbonyl (C=O) groups is 1. The van der Waals surface area contributed by atoms with Crippen LogP contribution in [0, 0.1) is 0 Å². The molecule has 1 aliphatic rings. The molecule has 3 rings (SSSR count). The number of methoxy groups -OCH3 is 1. The lowest BCUT2D eigenvalue weighted by atomic mass is 9.93. The molecule has 1 aromatic heterocycles. The Balaban J connectivity index is 1.91. The standard InChI is InChI=1S/C14H14N2O2S/c1-18-10-6-4-9(5-7-10)16-13(12(15)14(16)17)11-3-2-8-19-11/h2-8,12-13H,15H2,1H3/t12-,13-/m0/s1. The molecule has 0 saturated carbocycles. The van der Waals surface area contributed by atoms with Crippen LogP contribution in [-0.2, 0) is 4.79 Å². The van der Waals surface area contributed by atoms with Crippen LogP contribution in [0.1, 0.15) is 10.9 Å². The fraction of sp³-hybridized carbons (Fsp3) is 0.214. The van der Waals surface area contributed by atoms with E-state index >= 15 is 0 Å². The van der Waals surface area contributed by atoms with Gasteiger partial charge in [-0.25, -0.2) is 0 Å². The highest BCUT2D eigenvalue weighted by Crippen LogP contribution is 2.40. The molecule has 5 heteroatoms. The van der Waals surface area contributed by atoms with E-state index in [1.807, 2.05) is 41.8 Å². The van der Waals surface area contributed by atoms with E-state index < -0.39 is 6.04 Å². The van der Waals surface area contributed by atoms with Gasteiger partial charge in [0.2, 0.25) is 5.91 Å². The molecule has 1 saturated heterocycles. The van der Waals surface area contributed by atoms with Crippen molar-refractivity contribution in [3.05, 3.63) is 46.7 Å². The van der Waals surface area contributed by atoms with Crippen molar-refractivity contribution in [3.8, 4) is 5.75 Å². The number of nitrogens with zero attached hydrogens (tertiary/aromatic N) is 1. The minimum atomic E-state index is -0.444. The Morgan fingerprint density at radius 2 is 2.00 bits per heavy atom. The molecule has 0 bridgehead atoms. The van der Waals surface area contributed by atoms with E-state index in [-0.39, 0.29) is 11.9 Å². The zero-order chi connectivity index (χ0) is 13.4. The van der Waals surface area contributed by atoms with Crippen LogP contribution in [0.4, 0.5) is 5.69 Å². The van der Waals surface area contributed by atoms with Crippen molar-refractivity contribution < 1.29 is 9.53 Å². The van der Waals surface area contributed by atoms with Crippen molar-refractivity contribution in [1.29, 1.82) is 0 Å². The Morgan fingerprint density at radius 1 is 1.26 bits per heavy atom. The SMILES string of the molecule is COc1ccc(N2C(=O)[C@@H](N)[C@@H]2c2cccs2)cc1. The minimum Gasteiger partial charge on any atom is -0.497 e. The van der Waals surface area contributed by atoms with Crippen molar-refractivity contribution in [1.82, 2.24) is 0 Å². The number of anilines is 1. The topological polar surface area (TPSA) is 55.6 Å². The van der Waals surface area contributed by atoms with Crippen LogP contribution in [0.2, 0.25) is 0 Å². The van der Waals surface area contributed by atoms with Gasteiger partial charge in [0, 0.05) is 10.6 Å². The number of ether oxygens (including phenoxy) is 1. The molecule has 2 heterocycles. The van der Waals surface area contributed by atoms with Crippen molar-refractivity contribution in [2.24, 2.45) is 5.73 Å². The van der Waals surface area contributed by atoms with Crippen LogP contribution in [0.5, 0.6) is 5.75 Å². The molecule has 1 aliphatic heterocycles. The number of amides is 1. The van der Waals surface area contributed by atoms with E-state index in [0.29, 0.717) is 0 Å². The largest absolute Gasteiger partial charge is 0.497 e. The van der Waals surface area contributed by atoms with Gasteiger partial charge in [-0.15, -0.1) is 11.3 Å². The number of hydrogen-bond acceptors (Lipinski definition) is 4. The summed E-state index contributed by atoms with van der Waals surface area (Å²) in [7, 11) is 1.62. The highest BCUT2D eigenvalue weighted by Gasteiger charge is 2.47. The predicted molar refractivity (Wildman–Crippen MR) is 75.5 cm³/mol. The zero-order valence-corrected chi connectivity index (χ0v) is 11.3. The number of hydrogen-bond donors (Lipinski definition) is 1. The van der Waals surface area contributed by atoms with Crippen LogP contribution >= 0.6 is 11.3 Å². The van der Waals surface area contributed by atoms with Crippen LogP contribution in [0.25, 0.3) is 0 Å². The maximum absolute atomic E-state index is 12.0. The van der Waals surface area contributed by atoms with E-state index in [0.717, 1.165) is 16.3 Å². The third-order valence-electron chi connectivity index (χ3n) is 3.33. The Morgan fingerprint density at radius 3 is 2.58 bits per heavy atom. The predicted octanol–water partition coefficient (Wildman–Crippen LogP) is 2.17. The molecular formula is C14H14N2O2S. The first kappa shape index (κ1) is 12.2. The van der Waals surface area contributed by atoms with Gasteiger partial charge in [-0.1, -0.05) is 6.07 Å². The average molecular weight is 274 g/mol. The van der Waals surface area contributed by atoms with E-state index in [1.54, 1.807) is 23.3 Å². The number of β-lactam (4-membered cyclic amide) rings is 1. The van der Waals surface area contributed by atoms with E-state index in [1.165, 1.54) is 0 Å². The first-order chi connectivity index (χ1) is 9.22. The zero-order valence-electron chi connectivity index (χ0n) is 10.4. The van der Waals surface area contributed by atoms with E-state index in [2.05, 4.69) is 0 Å². The van der Waals surface area contributed by atoms with Crippen molar-refractivity contribution in [2.45, 2.75) is 12.1 Å². The number of carbonyl (C=O) groups excluding carboxylic acids is 1. The minimum absolute atomic E-state index is 0.0384. The Labute approximate surface area is 115 Å². The number of benzene rings is 1. The smallest absolute Gasteiger partial charge is 0.247 e. The molecular weight excluding hydrogens is 260 g/mol. The van der Waals surface area contributed by atoms with Gasteiger partial charge in [0.1, 0.15) is 11.8 Å². The fourth-order valence-corrected chi connectivity index (χ4v) is 3.17. The normalized spacial score (nSPS) is 22.2. The summed E-state index contributed by atoms with van der Waals surface area (Å²) in [6.45, 7) is 0. The summed E-state index contributed by atoms with van der Waals surface area (Å²) in [5.74, 6) is 0.734. The maximum atomic E-state index is 12.0. The summed E-state index contributed by atoms with van der Waals surface area (Å²) in [6.07, 6.45) is 0. The molecule has 2 N–H and O–H groups in total. The fourth-order valence-electron chi connectivity index (χ4n) is 2.31. The molecule has 2 aromatic rings. The molecule has 0 spiro atoms. The van der Waals surface area contributed by atoms with Crippen LogP contribution < -0.4 is 15.4 Å². The summed E-state index contributed by atoms with van der Waals surface area (Å²) >= 11 is 1.62. The van der Waals surface area contributed by atoms with E-state index in [9.17, 15) is 4.79 Å². The number of thiophene rings is 1. The molecule has 1 aromatic carbocycles. The molecule has 1 amide bonds. The first-order valence-electron chi connectivity index (χ1n) is 5.98. The van der Waals surface area contributed by atoms with Crippen LogP contribution in [0.3, 0.4) is 0 Å². The van der Waals surface area contributed by atoms with Gasteiger partial charge in [-0.05, 0) is 35.7 Å². The second-order valence-electron chi connectivity index (χ2n) is 4.39. The van der Waals surface area contributed by atoms with Gasteiger partial charge in [-0.2, -0.15) is 0 Å². The van der Waals surface area contributed by atoms with Gasteiger partial charge in [0.15, 0.2) is 0 Å². The van der Waals surface area contributed by atoms with Crippen molar-refractivity contribution in [2.75, 3.05) is 12.0 Å².